The number of hydrogen-bond donors (Lipinski definition) is 0. The summed E-state index contributed by atoms with van der Waals surface area (Å²) in [5.74, 6) is 1.29. The van der Waals surface area contributed by atoms with Gasteiger partial charge in [-0.1, -0.05) is 18.2 Å². The lowest BCUT2D eigenvalue weighted by Gasteiger charge is -2.31. The highest BCUT2D eigenvalue weighted by molar-refractivity contribution is 7.99. The second kappa shape index (κ2) is 7.10. The largest absolute Gasteiger partial charge is 0.337 e. The van der Waals surface area contributed by atoms with Gasteiger partial charge in [-0.3, -0.25) is 9.59 Å². The Balaban J connectivity index is 1.67. The molecule has 0 bridgehead atoms. The van der Waals surface area contributed by atoms with E-state index in [1.807, 2.05) is 29.2 Å². The van der Waals surface area contributed by atoms with Gasteiger partial charge in [0, 0.05) is 25.8 Å². The lowest BCUT2D eigenvalue weighted by Crippen LogP contribution is -2.49. The number of nitriles is 1. The first kappa shape index (κ1) is 16.6. The molecule has 3 rings (SSSR count). The van der Waals surface area contributed by atoms with Crippen molar-refractivity contribution in [3.63, 3.8) is 0 Å². The van der Waals surface area contributed by atoms with Crippen LogP contribution in [0, 0.1) is 11.3 Å². The summed E-state index contributed by atoms with van der Waals surface area (Å²) in [4.78, 5) is 27.8. The molecule has 0 aliphatic carbocycles. The van der Waals surface area contributed by atoms with Gasteiger partial charge < -0.3 is 9.80 Å². The van der Waals surface area contributed by atoms with E-state index >= 15 is 0 Å². The molecule has 1 fully saturated rings. The van der Waals surface area contributed by atoms with Crippen LogP contribution in [0.1, 0.15) is 24.5 Å². The summed E-state index contributed by atoms with van der Waals surface area (Å²) in [5.41, 5.74) is 2.95. The van der Waals surface area contributed by atoms with E-state index in [-0.39, 0.29) is 17.9 Å². The van der Waals surface area contributed by atoms with Crippen molar-refractivity contribution in [1.29, 1.82) is 5.26 Å². The SMILES string of the molecule is CC(=O)N1CSCC1C(=O)N1CC=C(c2ccc(C#N)cc2)CC1. The minimum absolute atomic E-state index is 0.0378. The fourth-order valence-electron chi connectivity index (χ4n) is 3.06. The average molecular weight is 341 g/mol. The first-order valence-corrected chi connectivity index (χ1v) is 9.09. The first-order chi connectivity index (χ1) is 11.6. The van der Waals surface area contributed by atoms with Crippen LogP contribution in [0.25, 0.3) is 5.57 Å². The number of carbonyl (C=O) groups excluding carboxylic acids is 2. The summed E-state index contributed by atoms with van der Waals surface area (Å²) in [6.07, 6.45) is 2.86. The summed E-state index contributed by atoms with van der Waals surface area (Å²) in [7, 11) is 0. The molecule has 1 atom stereocenters. The van der Waals surface area contributed by atoms with Crippen LogP contribution in [0.4, 0.5) is 0 Å². The molecule has 0 aromatic heterocycles. The second-order valence-electron chi connectivity index (χ2n) is 5.96. The molecule has 0 radical (unpaired) electrons. The van der Waals surface area contributed by atoms with Gasteiger partial charge in [-0.25, -0.2) is 0 Å². The third-order valence-electron chi connectivity index (χ3n) is 4.48. The third kappa shape index (κ3) is 3.31. The predicted octanol–water partition coefficient (Wildman–Crippen LogP) is 2.10. The third-order valence-corrected chi connectivity index (χ3v) is 5.49. The number of hydrogen-bond acceptors (Lipinski definition) is 4. The molecule has 24 heavy (non-hydrogen) atoms. The molecular weight excluding hydrogens is 322 g/mol. The van der Waals surface area contributed by atoms with Crippen molar-refractivity contribution in [3.8, 4) is 6.07 Å². The molecule has 6 heteroatoms. The van der Waals surface area contributed by atoms with Crippen molar-refractivity contribution >= 4 is 29.1 Å². The van der Waals surface area contributed by atoms with Crippen molar-refractivity contribution in [2.24, 2.45) is 0 Å². The van der Waals surface area contributed by atoms with Gasteiger partial charge in [0.25, 0.3) is 0 Å². The number of rotatable bonds is 2. The highest BCUT2D eigenvalue weighted by Crippen LogP contribution is 2.26. The van der Waals surface area contributed by atoms with Crippen LogP contribution in [0.3, 0.4) is 0 Å². The second-order valence-corrected chi connectivity index (χ2v) is 6.96. The number of carbonyl (C=O) groups is 2. The fraction of sp³-hybridized carbons (Fsp3) is 0.389. The zero-order valence-electron chi connectivity index (χ0n) is 13.6. The highest BCUT2D eigenvalue weighted by atomic mass is 32.2. The Morgan fingerprint density at radius 2 is 2.04 bits per heavy atom. The van der Waals surface area contributed by atoms with Crippen LogP contribution >= 0.6 is 11.8 Å². The van der Waals surface area contributed by atoms with E-state index in [9.17, 15) is 9.59 Å². The number of thioether (sulfide) groups is 1. The summed E-state index contributed by atoms with van der Waals surface area (Å²) in [5, 5.41) is 8.86. The molecule has 1 unspecified atom stereocenters. The zero-order valence-corrected chi connectivity index (χ0v) is 14.4. The van der Waals surface area contributed by atoms with Gasteiger partial charge in [0.05, 0.1) is 17.5 Å². The lowest BCUT2D eigenvalue weighted by atomic mass is 9.98. The van der Waals surface area contributed by atoms with Gasteiger partial charge in [0.2, 0.25) is 11.8 Å². The van der Waals surface area contributed by atoms with Crippen molar-refractivity contribution in [1.82, 2.24) is 9.80 Å². The Labute approximate surface area is 145 Å². The maximum atomic E-state index is 12.7. The van der Waals surface area contributed by atoms with Crippen molar-refractivity contribution in [3.05, 3.63) is 41.5 Å². The van der Waals surface area contributed by atoms with Crippen LogP contribution in [0.2, 0.25) is 0 Å². The Hall–Kier alpha value is -2.26. The molecule has 2 heterocycles. The van der Waals surface area contributed by atoms with Crippen molar-refractivity contribution < 1.29 is 9.59 Å². The summed E-state index contributed by atoms with van der Waals surface area (Å²) in [6, 6.07) is 9.33. The molecule has 0 N–H and O–H groups in total. The molecule has 2 aliphatic heterocycles. The van der Waals surface area contributed by atoms with Crippen molar-refractivity contribution in [2.45, 2.75) is 19.4 Å². The van der Waals surface area contributed by atoms with Crippen LogP contribution in [0.15, 0.2) is 30.3 Å². The molecule has 0 spiro atoms. The molecule has 2 amide bonds. The van der Waals surface area contributed by atoms with Crippen LogP contribution in [0.5, 0.6) is 0 Å². The predicted molar refractivity (Wildman–Crippen MR) is 94.0 cm³/mol. The van der Waals surface area contributed by atoms with Gasteiger partial charge in [-0.05, 0) is 29.7 Å². The summed E-state index contributed by atoms with van der Waals surface area (Å²) in [6.45, 7) is 2.75. The minimum atomic E-state index is -0.322. The van der Waals surface area contributed by atoms with Crippen molar-refractivity contribution in [2.75, 3.05) is 24.7 Å². The Kier molecular flexibility index (Phi) is 4.91. The van der Waals surface area contributed by atoms with E-state index in [2.05, 4.69) is 12.1 Å². The maximum absolute atomic E-state index is 12.7. The molecule has 1 aromatic rings. The van der Waals surface area contributed by atoms with Crippen LogP contribution in [-0.4, -0.2) is 52.4 Å². The summed E-state index contributed by atoms with van der Waals surface area (Å²) >= 11 is 1.63. The van der Waals surface area contributed by atoms with E-state index in [0.29, 0.717) is 30.3 Å². The van der Waals surface area contributed by atoms with Crippen LogP contribution < -0.4 is 0 Å². The van der Waals surface area contributed by atoms with Gasteiger partial charge in [0.15, 0.2) is 0 Å². The molecule has 5 nitrogen and oxygen atoms in total. The number of amides is 2. The average Bonchev–Trinajstić information content (AvgIpc) is 3.11. The topological polar surface area (TPSA) is 64.4 Å². The zero-order chi connectivity index (χ0) is 17.1. The minimum Gasteiger partial charge on any atom is -0.337 e. The van der Waals surface area contributed by atoms with Crippen LogP contribution in [-0.2, 0) is 9.59 Å². The molecule has 2 aliphatic rings. The van der Waals surface area contributed by atoms with E-state index in [0.717, 1.165) is 12.0 Å². The van der Waals surface area contributed by atoms with E-state index in [1.54, 1.807) is 16.7 Å². The van der Waals surface area contributed by atoms with E-state index in [4.69, 9.17) is 5.26 Å². The normalized spacial score (nSPS) is 20.5. The maximum Gasteiger partial charge on any atom is 0.246 e. The standard InChI is InChI=1S/C18H19N3O2S/c1-13(22)21-12-24-11-17(21)18(23)20-8-6-16(7-9-20)15-4-2-14(10-19)3-5-15/h2-6,17H,7-9,11-12H2,1H3. The van der Waals surface area contributed by atoms with Gasteiger partial charge >= 0.3 is 0 Å². The van der Waals surface area contributed by atoms with E-state index < -0.39 is 0 Å². The van der Waals surface area contributed by atoms with Gasteiger partial charge in [-0.2, -0.15) is 5.26 Å². The molecule has 1 aromatic carbocycles. The molecule has 0 saturated carbocycles. The highest BCUT2D eigenvalue weighted by Gasteiger charge is 2.35. The van der Waals surface area contributed by atoms with Gasteiger partial charge in [0.1, 0.15) is 6.04 Å². The lowest BCUT2D eigenvalue weighted by molar-refractivity contribution is -0.142. The molecule has 124 valence electrons. The fourth-order valence-corrected chi connectivity index (χ4v) is 4.27. The quantitative estimate of drug-likeness (QED) is 0.826. The molecular formula is C18H19N3O2S. The first-order valence-electron chi connectivity index (χ1n) is 7.93. The Bertz CT molecular complexity index is 721. The number of benzene rings is 1. The Morgan fingerprint density at radius 3 is 2.62 bits per heavy atom. The monoisotopic (exact) mass is 341 g/mol. The summed E-state index contributed by atoms with van der Waals surface area (Å²) < 4.78 is 0. The number of nitrogens with zero attached hydrogens (tertiary/aromatic N) is 3. The Morgan fingerprint density at radius 1 is 1.29 bits per heavy atom. The van der Waals surface area contributed by atoms with E-state index in [1.165, 1.54) is 12.5 Å². The molecule has 1 saturated heterocycles. The smallest absolute Gasteiger partial charge is 0.246 e. The van der Waals surface area contributed by atoms with Gasteiger partial charge in [-0.15, -0.1) is 11.8 Å².